The average Bonchev–Trinajstić information content (AvgIpc) is 2.18. The van der Waals surface area contributed by atoms with Gasteiger partial charge < -0.3 is 9.47 Å². The summed E-state index contributed by atoms with van der Waals surface area (Å²) in [6, 6.07) is 0. The molecule has 0 rings (SSSR count). The first-order chi connectivity index (χ1) is 8.14. The zero-order valence-corrected chi connectivity index (χ0v) is 11.2. The van der Waals surface area contributed by atoms with Gasteiger partial charge in [0.05, 0.1) is 13.2 Å². The second-order valence-electron chi connectivity index (χ2n) is 5.05. The second kappa shape index (κ2) is 7.61. The molecule has 0 N–H and O–H groups in total. The number of hydrogen-bond acceptors (Lipinski definition) is 3. The maximum atomic E-state index is 12.6. The van der Waals surface area contributed by atoms with Crippen LogP contribution in [-0.4, -0.2) is 32.0 Å². The molecule has 0 fully saturated rings. The summed E-state index contributed by atoms with van der Waals surface area (Å²) >= 11 is 0. The highest BCUT2D eigenvalue weighted by Crippen LogP contribution is 2.28. The molecule has 0 aromatic rings. The molecule has 18 heavy (non-hydrogen) atoms. The van der Waals surface area contributed by atoms with Crippen LogP contribution in [0.2, 0.25) is 0 Å². The number of carbonyl (C=O) groups excluding carboxylic acids is 1. The molecular weight excluding hydrogens is 249 g/mol. The minimum atomic E-state index is -4.63. The van der Waals surface area contributed by atoms with Crippen LogP contribution in [0, 0.1) is 17.8 Å². The van der Waals surface area contributed by atoms with Crippen molar-refractivity contribution in [3.8, 4) is 0 Å². The van der Waals surface area contributed by atoms with E-state index in [1.54, 1.807) is 13.8 Å². The lowest BCUT2D eigenvalue weighted by Crippen LogP contribution is -2.36. The molecule has 1 atom stereocenters. The van der Waals surface area contributed by atoms with E-state index in [1.165, 1.54) is 0 Å². The first kappa shape index (κ1) is 17.2. The Bertz CT molecular complexity index is 249. The summed E-state index contributed by atoms with van der Waals surface area (Å²) < 4.78 is 47.4. The molecule has 0 bridgehead atoms. The van der Waals surface area contributed by atoms with Crippen molar-refractivity contribution in [1.29, 1.82) is 0 Å². The van der Waals surface area contributed by atoms with Gasteiger partial charge in [0, 0.05) is 6.61 Å². The largest absolute Gasteiger partial charge is 0.465 e. The molecule has 0 aliphatic rings. The standard InChI is InChI=1S/C12H21F3O3/c1-8(2)5-17-7-10(12(13,14)15)11(16)18-6-9(3)4/h8-10H,5-7H2,1-4H3. The van der Waals surface area contributed by atoms with Crippen LogP contribution >= 0.6 is 0 Å². The van der Waals surface area contributed by atoms with Crippen LogP contribution in [-0.2, 0) is 14.3 Å². The number of halogens is 3. The molecule has 108 valence electrons. The van der Waals surface area contributed by atoms with E-state index in [2.05, 4.69) is 4.74 Å². The van der Waals surface area contributed by atoms with Crippen LogP contribution in [0.25, 0.3) is 0 Å². The lowest BCUT2D eigenvalue weighted by atomic mass is 10.1. The van der Waals surface area contributed by atoms with E-state index in [1.807, 2.05) is 13.8 Å². The minimum absolute atomic E-state index is 0.000541. The van der Waals surface area contributed by atoms with Gasteiger partial charge in [0.2, 0.25) is 0 Å². The quantitative estimate of drug-likeness (QED) is 0.667. The van der Waals surface area contributed by atoms with Gasteiger partial charge in [-0.15, -0.1) is 0 Å². The van der Waals surface area contributed by atoms with Gasteiger partial charge in [0.15, 0.2) is 5.92 Å². The highest BCUT2D eigenvalue weighted by molar-refractivity contribution is 5.73. The zero-order chi connectivity index (χ0) is 14.3. The fraction of sp³-hybridized carbons (Fsp3) is 0.917. The summed E-state index contributed by atoms with van der Waals surface area (Å²) in [6.45, 7) is 6.63. The molecule has 1 unspecified atom stereocenters. The molecule has 0 radical (unpaired) electrons. The summed E-state index contributed by atoms with van der Waals surface area (Å²) in [4.78, 5) is 11.3. The van der Waals surface area contributed by atoms with Gasteiger partial charge >= 0.3 is 12.1 Å². The fourth-order valence-electron chi connectivity index (χ4n) is 1.07. The monoisotopic (exact) mass is 270 g/mol. The number of hydrogen-bond donors (Lipinski definition) is 0. The van der Waals surface area contributed by atoms with Crippen LogP contribution in [0.4, 0.5) is 13.2 Å². The lowest BCUT2D eigenvalue weighted by Gasteiger charge is -2.20. The molecule has 0 saturated carbocycles. The van der Waals surface area contributed by atoms with Crippen molar-refractivity contribution < 1.29 is 27.4 Å². The molecule has 3 nitrogen and oxygen atoms in total. The minimum Gasteiger partial charge on any atom is -0.465 e. The van der Waals surface area contributed by atoms with Crippen LogP contribution in [0.1, 0.15) is 27.7 Å². The Morgan fingerprint density at radius 3 is 1.89 bits per heavy atom. The molecule has 0 aliphatic heterocycles. The number of ether oxygens (including phenoxy) is 2. The Labute approximate surface area is 106 Å². The highest BCUT2D eigenvalue weighted by Gasteiger charge is 2.46. The lowest BCUT2D eigenvalue weighted by molar-refractivity contribution is -0.207. The van der Waals surface area contributed by atoms with Crippen LogP contribution in [0.15, 0.2) is 0 Å². The maximum absolute atomic E-state index is 12.6. The van der Waals surface area contributed by atoms with E-state index in [4.69, 9.17) is 4.74 Å². The van der Waals surface area contributed by atoms with Crippen molar-refractivity contribution >= 4 is 5.97 Å². The van der Waals surface area contributed by atoms with E-state index in [0.717, 1.165) is 0 Å². The van der Waals surface area contributed by atoms with Crippen molar-refractivity contribution in [3.05, 3.63) is 0 Å². The van der Waals surface area contributed by atoms with Gasteiger partial charge in [0.25, 0.3) is 0 Å². The molecular formula is C12H21F3O3. The summed E-state index contributed by atoms with van der Waals surface area (Å²) in [6.07, 6.45) is -4.63. The summed E-state index contributed by atoms with van der Waals surface area (Å²) in [5.41, 5.74) is 0. The van der Waals surface area contributed by atoms with Gasteiger partial charge in [-0.25, -0.2) is 0 Å². The topological polar surface area (TPSA) is 35.5 Å². The Hall–Kier alpha value is -0.780. The SMILES string of the molecule is CC(C)COCC(C(=O)OCC(C)C)C(F)(F)F. The predicted octanol–water partition coefficient (Wildman–Crippen LogP) is 3.04. The van der Waals surface area contributed by atoms with Crippen molar-refractivity contribution in [1.82, 2.24) is 0 Å². The van der Waals surface area contributed by atoms with Crippen LogP contribution in [0.3, 0.4) is 0 Å². The third-order valence-electron chi connectivity index (χ3n) is 1.97. The van der Waals surface area contributed by atoms with Gasteiger partial charge in [-0.1, -0.05) is 27.7 Å². The smallest absolute Gasteiger partial charge is 0.404 e. The Morgan fingerprint density at radius 2 is 1.50 bits per heavy atom. The Kier molecular flexibility index (Phi) is 7.28. The van der Waals surface area contributed by atoms with Gasteiger partial charge in [-0.3, -0.25) is 4.79 Å². The van der Waals surface area contributed by atoms with Crippen molar-refractivity contribution in [2.45, 2.75) is 33.9 Å². The number of rotatable bonds is 7. The van der Waals surface area contributed by atoms with Gasteiger partial charge in [-0.05, 0) is 11.8 Å². The van der Waals surface area contributed by atoms with Gasteiger partial charge in [-0.2, -0.15) is 13.2 Å². The van der Waals surface area contributed by atoms with Crippen molar-refractivity contribution in [3.63, 3.8) is 0 Å². The van der Waals surface area contributed by atoms with E-state index in [9.17, 15) is 18.0 Å². The molecule has 0 heterocycles. The van der Waals surface area contributed by atoms with E-state index < -0.39 is 24.7 Å². The van der Waals surface area contributed by atoms with Crippen LogP contribution < -0.4 is 0 Å². The van der Waals surface area contributed by atoms with Crippen molar-refractivity contribution in [2.24, 2.45) is 17.8 Å². The van der Waals surface area contributed by atoms with Crippen LogP contribution in [0.5, 0.6) is 0 Å². The number of alkyl halides is 3. The Balaban J connectivity index is 4.35. The summed E-state index contributed by atoms with van der Waals surface area (Å²) in [7, 11) is 0. The fourth-order valence-corrected chi connectivity index (χ4v) is 1.07. The van der Waals surface area contributed by atoms with E-state index >= 15 is 0 Å². The summed E-state index contributed by atoms with van der Waals surface area (Å²) in [5.74, 6) is -3.35. The highest BCUT2D eigenvalue weighted by atomic mass is 19.4. The maximum Gasteiger partial charge on any atom is 0.404 e. The molecule has 6 heteroatoms. The predicted molar refractivity (Wildman–Crippen MR) is 61.0 cm³/mol. The molecule has 0 saturated heterocycles. The summed E-state index contributed by atoms with van der Waals surface area (Å²) in [5, 5.41) is 0. The first-order valence-corrected chi connectivity index (χ1v) is 5.95. The molecule has 0 aromatic heterocycles. The van der Waals surface area contributed by atoms with E-state index in [-0.39, 0.29) is 25.0 Å². The molecule has 0 spiro atoms. The third kappa shape index (κ3) is 7.53. The second-order valence-corrected chi connectivity index (χ2v) is 5.05. The zero-order valence-electron chi connectivity index (χ0n) is 11.2. The van der Waals surface area contributed by atoms with E-state index in [0.29, 0.717) is 0 Å². The first-order valence-electron chi connectivity index (χ1n) is 5.95. The molecule has 0 amide bonds. The average molecular weight is 270 g/mol. The van der Waals surface area contributed by atoms with Gasteiger partial charge in [0.1, 0.15) is 0 Å². The number of carbonyl (C=O) groups is 1. The number of esters is 1. The molecule has 0 aliphatic carbocycles. The Morgan fingerprint density at radius 1 is 1.00 bits per heavy atom. The van der Waals surface area contributed by atoms with Crippen molar-refractivity contribution in [2.75, 3.05) is 19.8 Å². The molecule has 0 aromatic carbocycles. The normalized spacial score (nSPS) is 14.1. The third-order valence-corrected chi connectivity index (χ3v) is 1.97.